The summed E-state index contributed by atoms with van der Waals surface area (Å²) < 4.78 is 10.7. The summed E-state index contributed by atoms with van der Waals surface area (Å²) in [5, 5.41) is 9.17. The summed E-state index contributed by atoms with van der Waals surface area (Å²) in [6.45, 7) is 5.31. The summed E-state index contributed by atoms with van der Waals surface area (Å²) in [5.74, 6) is -0.933. The number of esters is 1. The number of nitrogens with zero attached hydrogens (tertiary/aromatic N) is 1. The van der Waals surface area contributed by atoms with Crippen molar-refractivity contribution in [3.05, 3.63) is 59.7 Å². The minimum atomic E-state index is -1.10. The van der Waals surface area contributed by atoms with Gasteiger partial charge in [0.05, 0.1) is 17.9 Å². The smallest absolute Gasteiger partial charge is 0.349 e. The third-order valence-corrected chi connectivity index (χ3v) is 3.52. The number of benzene rings is 2. The van der Waals surface area contributed by atoms with Crippen LogP contribution in [0, 0.1) is 0 Å². The van der Waals surface area contributed by atoms with Gasteiger partial charge in [-0.3, -0.25) is 4.99 Å². The van der Waals surface area contributed by atoms with E-state index in [1.54, 1.807) is 63.2 Å². The number of carbonyl (C=O) groups is 2. The zero-order valence-electron chi connectivity index (χ0n) is 14.9. The first-order chi connectivity index (χ1) is 12.3. The lowest BCUT2D eigenvalue weighted by Gasteiger charge is -2.24. The van der Waals surface area contributed by atoms with Gasteiger partial charge in [-0.15, -0.1) is 0 Å². The molecular formula is C20H21NO5. The summed E-state index contributed by atoms with van der Waals surface area (Å²) in [7, 11) is 0. The molecule has 0 atom stereocenters. The normalized spacial score (nSPS) is 11.3. The number of carbonyl (C=O) groups excluding carboxylic acids is 1. The van der Waals surface area contributed by atoms with Gasteiger partial charge >= 0.3 is 11.9 Å². The molecule has 6 heteroatoms. The van der Waals surface area contributed by atoms with Crippen LogP contribution in [0.4, 0.5) is 5.69 Å². The molecule has 26 heavy (non-hydrogen) atoms. The summed E-state index contributed by atoms with van der Waals surface area (Å²) in [6, 6.07) is 13.4. The number of aliphatic imine (C=N–C) groups is 1. The van der Waals surface area contributed by atoms with Crippen LogP contribution in [0.5, 0.6) is 5.75 Å². The van der Waals surface area contributed by atoms with Crippen LogP contribution in [0.2, 0.25) is 0 Å². The van der Waals surface area contributed by atoms with Gasteiger partial charge in [-0.25, -0.2) is 9.59 Å². The Hall–Kier alpha value is -3.15. The molecular weight excluding hydrogens is 334 g/mol. The zero-order chi connectivity index (χ0) is 19.2. The van der Waals surface area contributed by atoms with E-state index in [0.29, 0.717) is 17.0 Å². The van der Waals surface area contributed by atoms with E-state index in [9.17, 15) is 14.7 Å². The van der Waals surface area contributed by atoms with Crippen molar-refractivity contribution in [2.75, 3.05) is 6.61 Å². The molecule has 0 aromatic heterocycles. The highest BCUT2D eigenvalue weighted by atomic mass is 16.6. The van der Waals surface area contributed by atoms with E-state index in [2.05, 4.69) is 4.99 Å². The largest absolute Gasteiger partial charge is 0.478 e. The molecule has 2 aromatic rings. The molecule has 6 nitrogen and oxygen atoms in total. The maximum Gasteiger partial charge on any atom is 0.349 e. The van der Waals surface area contributed by atoms with Crippen LogP contribution in [-0.2, 0) is 9.53 Å². The van der Waals surface area contributed by atoms with Crippen LogP contribution in [0.1, 0.15) is 36.7 Å². The van der Waals surface area contributed by atoms with Gasteiger partial charge in [-0.1, -0.05) is 18.2 Å². The molecule has 0 heterocycles. The van der Waals surface area contributed by atoms with Crippen molar-refractivity contribution in [3.63, 3.8) is 0 Å². The first kappa shape index (κ1) is 19.2. The number of ether oxygens (including phenoxy) is 2. The van der Waals surface area contributed by atoms with Crippen molar-refractivity contribution >= 4 is 23.8 Å². The Morgan fingerprint density at radius 2 is 1.77 bits per heavy atom. The molecule has 2 rings (SSSR count). The van der Waals surface area contributed by atoms with Crippen LogP contribution in [0.3, 0.4) is 0 Å². The van der Waals surface area contributed by atoms with Crippen LogP contribution >= 0.6 is 0 Å². The minimum absolute atomic E-state index is 0.187. The van der Waals surface area contributed by atoms with Gasteiger partial charge in [0.15, 0.2) is 5.60 Å². The lowest BCUT2D eigenvalue weighted by Crippen LogP contribution is -2.39. The first-order valence-electron chi connectivity index (χ1n) is 8.16. The Morgan fingerprint density at radius 1 is 1.12 bits per heavy atom. The second-order valence-corrected chi connectivity index (χ2v) is 5.98. The lowest BCUT2D eigenvalue weighted by atomic mass is 10.1. The van der Waals surface area contributed by atoms with E-state index in [-0.39, 0.29) is 12.2 Å². The average molecular weight is 355 g/mol. The fourth-order valence-corrected chi connectivity index (χ4v) is 2.19. The number of carboxylic acids is 1. The van der Waals surface area contributed by atoms with Gasteiger partial charge in [0, 0.05) is 11.8 Å². The molecule has 0 saturated carbocycles. The highest BCUT2D eigenvalue weighted by Gasteiger charge is 2.31. The Morgan fingerprint density at radius 3 is 2.38 bits per heavy atom. The summed E-state index contributed by atoms with van der Waals surface area (Å²) in [6.07, 6.45) is 1.50. The van der Waals surface area contributed by atoms with Gasteiger partial charge in [-0.05, 0) is 51.1 Å². The molecule has 0 aliphatic rings. The quantitative estimate of drug-likeness (QED) is 0.602. The topological polar surface area (TPSA) is 85.2 Å². The number of hydrogen-bond donors (Lipinski definition) is 1. The summed E-state index contributed by atoms with van der Waals surface area (Å²) in [5.41, 5.74) is 0.240. The van der Waals surface area contributed by atoms with Gasteiger partial charge in [-0.2, -0.15) is 0 Å². The van der Waals surface area contributed by atoms with Gasteiger partial charge in [0.2, 0.25) is 0 Å². The van der Waals surface area contributed by atoms with E-state index < -0.39 is 17.5 Å². The third kappa shape index (κ3) is 4.92. The molecule has 1 N–H and O–H groups in total. The van der Waals surface area contributed by atoms with E-state index in [0.717, 1.165) is 0 Å². The van der Waals surface area contributed by atoms with Crippen molar-refractivity contribution in [2.45, 2.75) is 26.4 Å². The van der Waals surface area contributed by atoms with E-state index in [4.69, 9.17) is 9.47 Å². The van der Waals surface area contributed by atoms with Crippen molar-refractivity contribution in [1.82, 2.24) is 0 Å². The van der Waals surface area contributed by atoms with Crippen LogP contribution in [0.15, 0.2) is 53.5 Å². The third-order valence-electron chi connectivity index (χ3n) is 3.52. The van der Waals surface area contributed by atoms with Gasteiger partial charge in [0.1, 0.15) is 5.75 Å². The summed E-state index contributed by atoms with van der Waals surface area (Å²) >= 11 is 0. The fourth-order valence-electron chi connectivity index (χ4n) is 2.19. The van der Waals surface area contributed by atoms with E-state index in [1.165, 1.54) is 12.3 Å². The van der Waals surface area contributed by atoms with Crippen molar-refractivity contribution in [1.29, 1.82) is 0 Å². The molecule has 0 amide bonds. The highest BCUT2D eigenvalue weighted by Crippen LogP contribution is 2.23. The molecule has 0 aliphatic heterocycles. The molecule has 136 valence electrons. The predicted octanol–water partition coefficient (Wildman–Crippen LogP) is 3.86. The molecule has 0 bridgehead atoms. The maximum atomic E-state index is 11.9. The molecule has 0 saturated heterocycles. The molecule has 0 fully saturated rings. The lowest BCUT2D eigenvalue weighted by molar-refractivity contribution is -0.158. The maximum absolute atomic E-state index is 11.9. The van der Waals surface area contributed by atoms with E-state index >= 15 is 0 Å². The van der Waals surface area contributed by atoms with Crippen LogP contribution in [0.25, 0.3) is 0 Å². The number of hydrogen-bond acceptors (Lipinski definition) is 5. The number of carboxylic acid groups (broad SMARTS) is 1. The zero-order valence-corrected chi connectivity index (χ0v) is 14.9. The Bertz CT molecular complexity index is 809. The Balaban J connectivity index is 2.11. The van der Waals surface area contributed by atoms with Gasteiger partial charge in [0.25, 0.3) is 0 Å². The molecule has 0 radical (unpaired) electrons. The van der Waals surface area contributed by atoms with Gasteiger partial charge < -0.3 is 14.6 Å². The standard InChI is InChI=1S/C20H21NO5/c1-4-25-19(24)20(2,3)26-16-11-9-15(10-12-16)21-13-14-7-5-6-8-17(14)18(22)23/h5-13H,4H2,1-3H3,(H,22,23)/b21-13+. The van der Waals surface area contributed by atoms with Crippen molar-refractivity contribution in [2.24, 2.45) is 4.99 Å². The molecule has 0 unspecified atom stereocenters. The number of rotatable bonds is 7. The summed E-state index contributed by atoms with van der Waals surface area (Å²) in [4.78, 5) is 27.3. The average Bonchev–Trinajstić information content (AvgIpc) is 2.61. The molecule has 0 spiro atoms. The fraction of sp³-hybridized carbons (Fsp3) is 0.250. The molecule has 0 aliphatic carbocycles. The van der Waals surface area contributed by atoms with Crippen molar-refractivity contribution in [3.8, 4) is 5.75 Å². The van der Waals surface area contributed by atoms with Crippen LogP contribution < -0.4 is 4.74 Å². The van der Waals surface area contributed by atoms with Crippen LogP contribution in [-0.4, -0.2) is 35.5 Å². The number of aromatic carboxylic acids is 1. The van der Waals surface area contributed by atoms with E-state index in [1.807, 2.05) is 0 Å². The second kappa shape index (κ2) is 8.29. The monoisotopic (exact) mass is 355 g/mol. The Kier molecular flexibility index (Phi) is 6.11. The van der Waals surface area contributed by atoms with Crippen molar-refractivity contribution < 1.29 is 24.2 Å². The minimum Gasteiger partial charge on any atom is -0.478 e. The molecule has 2 aromatic carbocycles. The highest BCUT2D eigenvalue weighted by molar-refractivity contribution is 5.98. The Labute approximate surface area is 152 Å². The predicted molar refractivity (Wildman–Crippen MR) is 98.4 cm³/mol. The first-order valence-corrected chi connectivity index (χ1v) is 8.16. The SMILES string of the molecule is CCOC(=O)C(C)(C)Oc1ccc(/N=C/c2ccccc2C(=O)O)cc1. The second-order valence-electron chi connectivity index (χ2n) is 5.98.